The summed E-state index contributed by atoms with van der Waals surface area (Å²) in [5.74, 6) is 0.924. The molecule has 0 spiro atoms. The summed E-state index contributed by atoms with van der Waals surface area (Å²) < 4.78 is 23.0. The van der Waals surface area contributed by atoms with Gasteiger partial charge in [-0.15, -0.1) is 0 Å². The molecule has 3 atom stereocenters. The third-order valence-electron chi connectivity index (χ3n) is 3.69. The molecule has 0 aromatic carbocycles. The lowest BCUT2D eigenvalue weighted by Crippen LogP contribution is -2.30. The lowest BCUT2D eigenvalue weighted by molar-refractivity contribution is -0.118. The van der Waals surface area contributed by atoms with Crippen LogP contribution >= 0.6 is 0 Å². The topological polar surface area (TPSA) is 51.2 Å². The highest BCUT2D eigenvalue weighted by atomic mass is 32.2. The van der Waals surface area contributed by atoms with Crippen LogP contribution in [0.4, 0.5) is 0 Å². The maximum Gasteiger partial charge on any atom is 0.150 e. The maximum absolute atomic E-state index is 11.5. The predicted octanol–water partition coefficient (Wildman–Crippen LogP) is 2.21. The Morgan fingerprint density at radius 1 is 1.38 bits per heavy atom. The average molecular weight is 246 g/mol. The van der Waals surface area contributed by atoms with Gasteiger partial charge in [0.15, 0.2) is 0 Å². The fraction of sp³-hybridized carbons (Fsp3) is 0.917. The molecule has 1 aliphatic rings. The van der Waals surface area contributed by atoms with Gasteiger partial charge in [0.1, 0.15) is 15.6 Å². The molecule has 1 rings (SSSR count). The van der Waals surface area contributed by atoms with Crippen molar-refractivity contribution in [1.29, 1.82) is 0 Å². The van der Waals surface area contributed by atoms with Gasteiger partial charge in [-0.05, 0) is 31.6 Å². The van der Waals surface area contributed by atoms with Crippen LogP contribution in [0.2, 0.25) is 0 Å². The van der Waals surface area contributed by atoms with E-state index in [9.17, 15) is 13.2 Å². The zero-order valence-corrected chi connectivity index (χ0v) is 11.2. The molecular formula is C12H22O3S. The van der Waals surface area contributed by atoms with Crippen molar-refractivity contribution < 1.29 is 13.2 Å². The summed E-state index contributed by atoms with van der Waals surface area (Å²) in [6.07, 6.45) is 5.50. The van der Waals surface area contributed by atoms with Crippen LogP contribution < -0.4 is 0 Å². The van der Waals surface area contributed by atoms with Crippen LogP contribution in [0.5, 0.6) is 0 Å². The molecule has 3 nitrogen and oxygen atoms in total. The van der Waals surface area contributed by atoms with Crippen LogP contribution in [-0.4, -0.2) is 25.7 Å². The van der Waals surface area contributed by atoms with Crippen LogP contribution in [-0.2, 0) is 14.6 Å². The molecule has 0 aromatic rings. The molecule has 0 amide bonds. The number of hydrogen-bond acceptors (Lipinski definition) is 3. The minimum Gasteiger partial charge on any atom is -0.300 e. The predicted molar refractivity (Wildman–Crippen MR) is 65.1 cm³/mol. The van der Waals surface area contributed by atoms with E-state index in [-0.39, 0.29) is 11.0 Å². The molecule has 1 saturated carbocycles. The zero-order valence-electron chi connectivity index (χ0n) is 10.4. The Balaban J connectivity index is 2.60. The Morgan fingerprint density at radius 3 is 2.50 bits per heavy atom. The average Bonchev–Trinajstić information content (AvgIpc) is 2.15. The molecule has 1 aliphatic carbocycles. The second-order valence-corrected chi connectivity index (χ2v) is 7.59. The van der Waals surface area contributed by atoms with Gasteiger partial charge in [-0.25, -0.2) is 8.42 Å². The first-order valence-electron chi connectivity index (χ1n) is 5.99. The normalized spacial score (nSPS) is 28.7. The van der Waals surface area contributed by atoms with E-state index in [4.69, 9.17) is 0 Å². The van der Waals surface area contributed by atoms with Crippen molar-refractivity contribution in [2.75, 3.05) is 6.26 Å². The van der Waals surface area contributed by atoms with E-state index in [1.807, 2.05) is 0 Å². The van der Waals surface area contributed by atoms with Gasteiger partial charge in [0.25, 0.3) is 0 Å². The molecule has 3 unspecified atom stereocenters. The monoisotopic (exact) mass is 246 g/mol. The lowest BCUT2D eigenvalue weighted by Gasteiger charge is -2.31. The molecule has 0 saturated heterocycles. The molecule has 4 heteroatoms. The second kappa shape index (κ2) is 5.30. The summed E-state index contributed by atoms with van der Waals surface area (Å²) in [6.45, 7) is 3.67. The Bertz CT molecular complexity index is 345. The Hall–Kier alpha value is -0.380. The van der Waals surface area contributed by atoms with Crippen LogP contribution in [0.15, 0.2) is 0 Å². The lowest BCUT2D eigenvalue weighted by atomic mass is 9.79. The third-order valence-corrected chi connectivity index (χ3v) is 5.33. The van der Waals surface area contributed by atoms with Crippen LogP contribution in [0.3, 0.4) is 0 Å². The van der Waals surface area contributed by atoms with Gasteiger partial charge >= 0.3 is 0 Å². The highest BCUT2D eigenvalue weighted by Crippen LogP contribution is 2.34. The van der Waals surface area contributed by atoms with E-state index in [1.54, 1.807) is 6.92 Å². The van der Waals surface area contributed by atoms with Gasteiger partial charge in [-0.3, -0.25) is 0 Å². The standard InChI is InChI=1S/C12H22O3S/c1-9(7-10(2)13)11-5-4-6-12(8-11)16(3,14)15/h9,11-12H,4-8H2,1-3H3. The van der Waals surface area contributed by atoms with Crippen molar-refractivity contribution in [3.8, 4) is 0 Å². The first kappa shape index (κ1) is 13.7. The number of sulfone groups is 1. The van der Waals surface area contributed by atoms with Crippen molar-refractivity contribution in [1.82, 2.24) is 0 Å². The van der Waals surface area contributed by atoms with Gasteiger partial charge < -0.3 is 4.79 Å². The van der Waals surface area contributed by atoms with Crippen LogP contribution in [0, 0.1) is 11.8 Å². The molecule has 1 fully saturated rings. The summed E-state index contributed by atoms with van der Waals surface area (Å²) in [5, 5.41) is -0.180. The summed E-state index contributed by atoms with van der Waals surface area (Å²) in [6, 6.07) is 0. The van der Waals surface area contributed by atoms with Gasteiger partial charge in [-0.1, -0.05) is 19.8 Å². The van der Waals surface area contributed by atoms with E-state index in [1.165, 1.54) is 6.26 Å². The molecule has 94 valence electrons. The SMILES string of the molecule is CC(=O)CC(C)C1CCCC(S(C)(=O)=O)C1. The quantitative estimate of drug-likeness (QED) is 0.764. The van der Waals surface area contributed by atoms with Crippen molar-refractivity contribution in [2.24, 2.45) is 11.8 Å². The van der Waals surface area contributed by atoms with Gasteiger partial charge in [0.05, 0.1) is 5.25 Å². The van der Waals surface area contributed by atoms with Crippen LogP contribution in [0.25, 0.3) is 0 Å². The number of hydrogen-bond donors (Lipinski definition) is 0. The first-order valence-corrected chi connectivity index (χ1v) is 7.94. The summed E-state index contributed by atoms with van der Waals surface area (Å²) in [5.41, 5.74) is 0. The smallest absolute Gasteiger partial charge is 0.150 e. The van der Waals surface area contributed by atoms with Gasteiger partial charge in [0.2, 0.25) is 0 Å². The van der Waals surface area contributed by atoms with Crippen molar-refractivity contribution in [3.63, 3.8) is 0 Å². The Labute approximate surface area is 98.5 Å². The highest BCUT2D eigenvalue weighted by molar-refractivity contribution is 7.91. The van der Waals surface area contributed by atoms with E-state index in [0.29, 0.717) is 18.3 Å². The largest absolute Gasteiger partial charge is 0.300 e. The molecule has 0 aliphatic heterocycles. The number of Topliss-reactive ketones (excluding diaryl/α,β-unsaturated/α-hetero) is 1. The fourth-order valence-electron chi connectivity index (χ4n) is 2.71. The number of carbonyl (C=O) groups is 1. The molecule has 0 aromatic heterocycles. The van der Waals surface area contributed by atoms with E-state index in [0.717, 1.165) is 25.7 Å². The summed E-state index contributed by atoms with van der Waals surface area (Å²) >= 11 is 0. The first-order chi connectivity index (χ1) is 7.30. The number of ketones is 1. The Kier molecular flexibility index (Phi) is 4.53. The second-order valence-electron chi connectivity index (χ2n) is 5.26. The number of rotatable bonds is 4. The van der Waals surface area contributed by atoms with Gasteiger partial charge in [-0.2, -0.15) is 0 Å². The minimum absolute atomic E-state index is 0.180. The Morgan fingerprint density at radius 2 is 2.00 bits per heavy atom. The molecule has 16 heavy (non-hydrogen) atoms. The van der Waals surface area contributed by atoms with Crippen LogP contribution in [0.1, 0.15) is 46.0 Å². The van der Waals surface area contributed by atoms with Crippen molar-refractivity contribution >= 4 is 15.6 Å². The maximum atomic E-state index is 11.5. The summed E-state index contributed by atoms with van der Waals surface area (Å²) in [7, 11) is -2.91. The van der Waals surface area contributed by atoms with Crippen molar-refractivity contribution in [3.05, 3.63) is 0 Å². The molecule has 0 heterocycles. The zero-order chi connectivity index (χ0) is 12.3. The molecule has 0 N–H and O–H groups in total. The minimum atomic E-state index is -2.91. The fourth-order valence-corrected chi connectivity index (χ4v) is 3.90. The third kappa shape index (κ3) is 3.89. The van der Waals surface area contributed by atoms with E-state index >= 15 is 0 Å². The van der Waals surface area contributed by atoms with E-state index in [2.05, 4.69) is 6.92 Å². The number of carbonyl (C=O) groups excluding carboxylic acids is 1. The molecule has 0 bridgehead atoms. The molecular weight excluding hydrogens is 224 g/mol. The summed E-state index contributed by atoms with van der Waals surface area (Å²) in [4.78, 5) is 11.1. The molecule has 0 radical (unpaired) electrons. The van der Waals surface area contributed by atoms with E-state index < -0.39 is 9.84 Å². The highest BCUT2D eigenvalue weighted by Gasteiger charge is 2.31. The van der Waals surface area contributed by atoms with Crippen molar-refractivity contribution in [2.45, 2.75) is 51.2 Å². The van der Waals surface area contributed by atoms with Gasteiger partial charge in [0, 0.05) is 12.7 Å².